The molecule has 4 rings (SSSR count). The molecule has 0 saturated carbocycles. The summed E-state index contributed by atoms with van der Waals surface area (Å²) in [6, 6.07) is 13.2. The maximum absolute atomic E-state index is 12.5. The molecule has 2 heterocycles. The van der Waals surface area contributed by atoms with Crippen molar-refractivity contribution in [1.82, 2.24) is 41.2 Å². The number of imidazole rings is 2. The maximum atomic E-state index is 12.5. The Morgan fingerprint density at radius 2 is 0.925 bits per heavy atom. The second-order valence-electron chi connectivity index (χ2n) is 11.4. The van der Waals surface area contributed by atoms with E-state index in [2.05, 4.69) is 41.2 Å². The first-order valence-electron chi connectivity index (χ1n) is 16.0. The summed E-state index contributed by atoms with van der Waals surface area (Å²) in [7, 11) is 0. The number of H-pyrrole nitrogens is 2. The van der Waals surface area contributed by atoms with E-state index in [0.29, 0.717) is 11.4 Å². The first-order valence-corrected chi connectivity index (χ1v) is 16.0. The van der Waals surface area contributed by atoms with Gasteiger partial charge in [-0.3, -0.25) is 19.2 Å². The van der Waals surface area contributed by atoms with Crippen LogP contribution in [0.3, 0.4) is 0 Å². The third kappa shape index (κ3) is 15.5. The van der Waals surface area contributed by atoms with Gasteiger partial charge in [-0.15, -0.1) is 0 Å². The number of rotatable bonds is 18. The van der Waals surface area contributed by atoms with Gasteiger partial charge >= 0.3 is 17.1 Å². The number of benzene rings is 2. The largest absolute Gasteiger partial charge is 2.00 e. The summed E-state index contributed by atoms with van der Waals surface area (Å²) in [4.78, 5) is 84.4. The van der Waals surface area contributed by atoms with Crippen molar-refractivity contribution in [2.24, 2.45) is 11.5 Å². The molecule has 4 aromatic rings. The molecule has 0 saturated heterocycles. The number of carboxylic acid groups (broad SMARTS) is 2. The minimum atomic E-state index is -1.41. The van der Waals surface area contributed by atoms with Crippen molar-refractivity contribution < 1.29 is 56.0 Å². The van der Waals surface area contributed by atoms with Gasteiger partial charge in [-0.25, -0.2) is 9.97 Å². The SMILES string of the molecule is NCC(=O)N[C@@H](Cc1cnc[nH]1)C(=O)N[C@@H](Cc1ccccc1)C(=O)[O-].NCC(=O)N[C@@H](Cc1cnc[nH]1)C(=O)N[C@@H](Cc1ccccc1)C(=O)[O-].[Cu+2]. The van der Waals surface area contributed by atoms with E-state index in [1.807, 2.05) is 0 Å². The first kappa shape index (κ1) is 43.3. The van der Waals surface area contributed by atoms with Gasteiger partial charge in [0, 0.05) is 36.6 Å². The average molecular weight is 780 g/mol. The molecule has 19 heteroatoms. The van der Waals surface area contributed by atoms with Crippen molar-refractivity contribution in [3.05, 3.63) is 108 Å². The predicted octanol–water partition coefficient (Wildman–Crippen LogP) is -4.26. The van der Waals surface area contributed by atoms with Crippen LogP contribution in [-0.2, 0) is 71.5 Å². The van der Waals surface area contributed by atoms with Crippen LogP contribution in [0.2, 0.25) is 0 Å². The Labute approximate surface area is 314 Å². The molecule has 18 nitrogen and oxygen atoms in total. The summed E-state index contributed by atoms with van der Waals surface area (Å²) >= 11 is 0. The molecule has 0 aliphatic rings. The third-order valence-corrected chi connectivity index (χ3v) is 7.40. The summed E-state index contributed by atoms with van der Waals surface area (Å²) in [6.45, 7) is -0.582. The second kappa shape index (κ2) is 22.8. The Hall–Kier alpha value is -5.88. The standard InChI is InChI=1S/2C17H21N5O4.Cu/c2*18-8-15(23)21-13(7-12-9-19-10-20-12)16(24)22-14(17(25)26)6-11-4-2-1-3-5-11;/h2*1-5,9-10,13-14H,6-8,18H2,(H,19,20)(H,21,23)(H,22,24)(H,25,26);/q;;+2/p-2/t2*13-,14-;/m00./s1. The molecule has 0 aliphatic carbocycles. The zero-order valence-electron chi connectivity index (χ0n) is 28.3. The molecule has 1 radical (unpaired) electrons. The molecular weight excluding hydrogens is 740 g/mol. The van der Waals surface area contributed by atoms with Gasteiger partial charge in [-0.2, -0.15) is 0 Å². The Kier molecular flexibility index (Phi) is 18.7. The quantitative estimate of drug-likeness (QED) is 0.0446. The number of carbonyl (C=O) groups is 6. The third-order valence-electron chi connectivity index (χ3n) is 7.40. The number of aliphatic carboxylic acids is 2. The van der Waals surface area contributed by atoms with Crippen molar-refractivity contribution in [3.8, 4) is 0 Å². The fourth-order valence-corrected chi connectivity index (χ4v) is 4.79. The van der Waals surface area contributed by atoms with Gasteiger partial charge < -0.3 is 62.5 Å². The topological polar surface area (TPSA) is 306 Å². The van der Waals surface area contributed by atoms with Crippen LogP contribution in [0, 0.1) is 0 Å². The normalized spacial score (nSPS) is 12.6. The summed E-state index contributed by atoms with van der Waals surface area (Å²) < 4.78 is 0. The molecule has 10 N–H and O–H groups in total. The number of aromatic amines is 2. The van der Waals surface area contributed by atoms with Gasteiger partial charge in [-0.1, -0.05) is 60.7 Å². The van der Waals surface area contributed by atoms with E-state index in [0.717, 1.165) is 11.1 Å². The fourth-order valence-electron chi connectivity index (χ4n) is 4.79. The number of hydrogen-bond donors (Lipinski definition) is 8. The fraction of sp³-hybridized carbons (Fsp3) is 0.294. The van der Waals surface area contributed by atoms with Crippen LogP contribution in [0.1, 0.15) is 22.5 Å². The Balaban J connectivity index is 0.000000360. The van der Waals surface area contributed by atoms with E-state index in [9.17, 15) is 39.0 Å². The van der Waals surface area contributed by atoms with Crippen molar-refractivity contribution in [1.29, 1.82) is 0 Å². The molecule has 4 atom stereocenters. The van der Waals surface area contributed by atoms with Crippen molar-refractivity contribution >= 4 is 35.6 Å². The molecule has 0 fully saturated rings. The van der Waals surface area contributed by atoms with Crippen molar-refractivity contribution in [2.75, 3.05) is 13.1 Å². The van der Waals surface area contributed by atoms with E-state index in [-0.39, 0.29) is 55.8 Å². The van der Waals surface area contributed by atoms with E-state index >= 15 is 0 Å². The van der Waals surface area contributed by atoms with Crippen LogP contribution in [0.25, 0.3) is 0 Å². The Morgan fingerprint density at radius 1 is 0.566 bits per heavy atom. The van der Waals surface area contributed by atoms with Gasteiger partial charge in [-0.05, 0) is 24.0 Å². The molecule has 285 valence electrons. The molecule has 0 bridgehead atoms. The van der Waals surface area contributed by atoms with Crippen LogP contribution in [-0.4, -0.2) is 92.8 Å². The Bertz CT molecular complexity index is 1600. The number of amides is 4. The summed E-state index contributed by atoms with van der Waals surface area (Å²) in [5.74, 6) is -5.17. The monoisotopic (exact) mass is 779 g/mol. The number of carboxylic acids is 2. The maximum Gasteiger partial charge on any atom is 2.00 e. The summed E-state index contributed by atoms with van der Waals surface area (Å²) in [5.41, 5.74) is 13.2. The van der Waals surface area contributed by atoms with Crippen LogP contribution in [0.5, 0.6) is 0 Å². The van der Waals surface area contributed by atoms with Crippen LogP contribution in [0.4, 0.5) is 0 Å². The average Bonchev–Trinajstić information content (AvgIpc) is 3.86. The summed E-state index contributed by atoms with van der Waals surface area (Å²) in [5, 5.41) is 32.6. The number of aromatic nitrogens is 4. The zero-order chi connectivity index (χ0) is 37.9. The smallest absolute Gasteiger partial charge is 0.548 e. The molecule has 2 aromatic carbocycles. The molecule has 0 aliphatic heterocycles. The Morgan fingerprint density at radius 3 is 1.21 bits per heavy atom. The first-order chi connectivity index (χ1) is 25.0. The van der Waals surface area contributed by atoms with Gasteiger partial charge in [0.15, 0.2) is 0 Å². The van der Waals surface area contributed by atoms with E-state index < -0.39 is 59.7 Å². The second-order valence-corrected chi connectivity index (χ2v) is 11.4. The van der Waals surface area contributed by atoms with Crippen LogP contribution < -0.4 is 42.9 Å². The molecule has 2 aromatic heterocycles. The summed E-state index contributed by atoms with van der Waals surface area (Å²) in [6.07, 6.45) is 6.26. The van der Waals surface area contributed by atoms with E-state index in [1.54, 1.807) is 60.7 Å². The van der Waals surface area contributed by atoms with E-state index in [1.165, 1.54) is 25.0 Å². The molecule has 4 amide bonds. The number of nitrogens with two attached hydrogens (primary N) is 2. The molecule has 0 spiro atoms. The minimum absolute atomic E-state index is 0. The zero-order valence-corrected chi connectivity index (χ0v) is 29.2. The van der Waals surface area contributed by atoms with Crippen LogP contribution in [0.15, 0.2) is 85.7 Å². The van der Waals surface area contributed by atoms with Gasteiger partial charge in [0.1, 0.15) is 12.1 Å². The van der Waals surface area contributed by atoms with Crippen molar-refractivity contribution in [3.63, 3.8) is 0 Å². The molecule has 0 unspecified atom stereocenters. The van der Waals surface area contributed by atoms with E-state index in [4.69, 9.17) is 11.5 Å². The van der Waals surface area contributed by atoms with Crippen molar-refractivity contribution in [2.45, 2.75) is 49.9 Å². The minimum Gasteiger partial charge on any atom is -0.548 e. The number of hydrogen-bond acceptors (Lipinski definition) is 12. The number of nitrogens with one attached hydrogen (secondary N) is 6. The molecular formula is C34H40CuN10O8. The van der Waals surface area contributed by atoms with Gasteiger partial charge in [0.25, 0.3) is 0 Å². The van der Waals surface area contributed by atoms with Crippen LogP contribution >= 0.6 is 0 Å². The number of carbonyl (C=O) groups excluding carboxylic acids is 6. The molecule has 53 heavy (non-hydrogen) atoms. The predicted molar refractivity (Wildman–Crippen MR) is 181 cm³/mol. The number of nitrogens with zero attached hydrogens (tertiary/aromatic N) is 2. The van der Waals surface area contributed by atoms with Gasteiger partial charge in [0.2, 0.25) is 23.6 Å². The van der Waals surface area contributed by atoms with Gasteiger partial charge in [0.05, 0.1) is 49.8 Å².